The van der Waals surface area contributed by atoms with E-state index in [4.69, 9.17) is 0 Å². The summed E-state index contributed by atoms with van der Waals surface area (Å²) in [6.07, 6.45) is 7.35. The van der Waals surface area contributed by atoms with Crippen molar-refractivity contribution in [2.75, 3.05) is 6.54 Å². The summed E-state index contributed by atoms with van der Waals surface area (Å²) in [6, 6.07) is 0.179. The third-order valence-electron chi connectivity index (χ3n) is 4.57. The lowest BCUT2D eigenvalue weighted by Gasteiger charge is -2.36. The van der Waals surface area contributed by atoms with E-state index in [1.54, 1.807) is 11.9 Å². The number of aryl methyl sites for hydroxylation is 1. The molecule has 0 aromatic carbocycles. The van der Waals surface area contributed by atoms with Gasteiger partial charge in [-0.15, -0.1) is 0 Å². The number of hydrogen-bond acceptors (Lipinski definition) is 2. The summed E-state index contributed by atoms with van der Waals surface area (Å²) in [7, 11) is 1.57. The molecule has 0 N–H and O–H groups in total. The van der Waals surface area contributed by atoms with E-state index in [2.05, 4.69) is 12.0 Å². The quantitative estimate of drug-likeness (QED) is 0.699. The zero-order valence-electron chi connectivity index (χ0n) is 14.1. The van der Waals surface area contributed by atoms with Crippen LogP contribution in [0.25, 0.3) is 0 Å². The van der Waals surface area contributed by atoms with Gasteiger partial charge in [-0.05, 0) is 25.7 Å². The number of carbonyl (C=O) groups is 1. The van der Waals surface area contributed by atoms with Crippen molar-refractivity contribution in [3.8, 4) is 0 Å². The molecule has 23 heavy (non-hydrogen) atoms. The highest BCUT2D eigenvalue weighted by Crippen LogP contribution is 2.27. The Hall–Kier alpha value is -1.46. The first-order valence-corrected chi connectivity index (χ1v) is 8.67. The van der Waals surface area contributed by atoms with E-state index < -0.39 is 12.1 Å². The van der Waals surface area contributed by atoms with Gasteiger partial charge in [0.05, 0.1) is 5.56 Å². The molecular weight excluding hydrogens is 300 g/mol. The van der Waals surface area contributed by atoms with Crippen LogP contribution in [0.5, 0.6) is 0 Å². The molecular formula is C17H27F2N3O. The number of carbonyl (C=O) groups excluding carboxylic acids is 1. The van der Waals surface area contributed by atoms with Crippen LogP contribution in [0.3, 0.4) is 0 Å². The van der Waals surface area contributed by atoms with E-state index in [0.29, 0.717) is 6.54 Å². The Morgan fingerprint density at radius 1 is 1.35 bits per heavy atom. The number of piperidine rings is 1. The van der Waals surface area contributed by atoms with Gasteiger partial charge in [0, 0.05) is 25.8 Å². The van der Waals surface area contributed by atoms with Crippen LogP contribution in [0.4, 0.5) is 8.78 Å². The Morgan fingerprint density at radius 3 is 2.83 bits per heavy atom. The first-order valence-electron chi connectivity index (χ1n) is 8.67. The summed E-state index contributed by atoms with van der Waals surface area (Å²) >= 11 is 0. The maximum absolute atomic E-state index is 13.1. The van der Waals surface area contributed by atoms with Gasteiger partial charge in [0.25, 0.3) is 12.3 Å². The fourth-order valence-electron chi connectivity index (χ4n) is 3.36. The number of unbranched alkanes of at least 4 members (excludes halogenated alkanes) is 3. The topological polar surface area (TPSA) is 38.1 Å². The van der Waals surface area contributed by atoms with Crippen molar-refractivity contribution in [1.82, 2.24) is 14.7 Å². The molecule has 0 radical (unpaired) electrons. The predicted octanol–water partition coefficient (Wildman–Crippen LogP) is 4.32. The summed E-state index contributed by atoms with van der Waals surface area (Å²) in [6.45, 7) is 2.83. The first-order chi connectivity index (χ1) is 11.0. The molecule has 1 amide bonds. The zero-order chi connectivity index (χ0) is 16.8. The second-order valence-corrected chi connectivity index (χ2v) is 6.40. The van der Waals surface area contributed by atoms with Crippen molar-refractivity contribution in [2.45, 2.75) is 70.8 Å². The maximum atomic E-state index is 13.1. The smallest absolute Gasteiger partial charge is 0.282 e. The van der Waals surface area contributed by atoms with Crippen molar-refractivity contribution in [2.24, 2.45) is 7.05 Å². The van der Waals surface area contributed by atoms with Gasteiger partial charge in [-0.1, -0.05) is 32.6 Å². The lowest BCUT2D eigenvalue weighted by molar-refractivity contribution is 0.0587. The molecule has 2 rings (SSSR count). The number of amides is 1. The number of hydrogen-bond donors (Lipinski definition) is 0. The fraction of sp³-hybridized carbons (Fsp3) is 0.765. The number of likely N-dealkylation sites (tertiary alicyclic amines) is 1. The van der Waals surface area contributed by atoms with Crippen LogP contribution >= 0.6 is 0 Å². The Balaban J connectivity index is 2.08. The van der Waals surface area contributed by atoms with Crippen molar-refractivity contribution < 1.29 is 13.6 Å². The SMILES string of the molecule is CCCCCCC1CCCCN1C(=O)c1cn(C)nc1C(F)F. The van der Waals surface area contributed by atoms with Gasteiger partial charge >= 0.3 is 0 Å². The fourth-order valence-corrected chi connectivity index (χ4v) is 3.36. The lowest BCUT2D eigenvalue weighted by Crippen LogP contribution is -2.43. The minimum absolute atomic E-state index is 0.0583. The highest BCUT2D eigenvalue weighted by atomic mass is 19.3. The van der Waals surface area contributed by atoms with Gasteiger partial charge in [0.2, 0.25) is 0 Å². The van der Waals surface area contributed by atoms with E-state index in [1.165, 1.54) is 30.1 Å². The van der Waals surface area contributed by atoms with Crippen LogP contribution in [0, 0.1) is 0 Å². The molecule has 1 aliphatic heterocycles. The van der Waals surface area contributed by atoms with Crippen LogP contribution in [-0.2, 0) is 7.05 Å². The van der Waals surface area contributed by atoms with Gasteiger partial charge in [0.1, 0.15) is 5.69 Å². The summed E-state index contributed by atoms with van der Waals surface area (Å²) in [5, 5.41) is 3.76. The predicted molar refractivity (Wildman–Crippen MR) is 85.6 cm³/mol. The van der Waals surface area contributed by atoms with Crippen molar-refractivity contribution in [3.63, 3.8) is 0 Å². The van der Waals surface area contributed by atoms with Crippen molar-refractivity contribution in [1.29, 1.82) is 0 Å². The molecule has 130 valence electrons. The van der Waals surface area contributed by atoms with Gasteiger partial charge in [-0.2, -0.15) is 5.10 Å². The summed E-state index contributed by atoms with van der Waals surface area (Å²) < 4.78 is 27.5. The molecule has 2 heterocycles. The highest BCUT2D eigenvalue weighted by molar-refractivity contribution is 5.95. The van der Waals surface area contributed by atoms with Crippen molar-refractivity contribution in [3.05, 3.63) is 17.5 Å². The number of alkyl halides is 2. The molecule has 1 aromatic heterocycles. The second-order valence-electron chi connectivity index (χ2n) is 6.40. The number of rotatable bonds is 7. The number of nitrogens with zero attached hydrogens (tertiary/aromatic N) is 3. The molecule has 0 bridgehead atoms. The Morgan fingerprint density at radius 2 is 2.13 bits per heavy atom. The summed E-state index contributed by atoms with van der Waals surface area (Å²) in [5.41, 5.74) is -0.337. The molecule has 1 saturated heterocycles. The molecule has 0 saturated carbocycles. The standard InChI is InChI=1S/C17H27F2N3O/c1-3-4-5-6-9-13-10-7-8-11-22(13)17(23)14-12-21(2)20-15(14)16(18)19/h12-13,16H,3-11H2,1-2H3. The van der Waals surface area contributed by atoms with Gasteiger partial charge < -0.3 is 4.90 Å². The Kier molecular flexibility index (Phi) is 6.54. The van der Waals surface area contributed by atoms with E-state index in [0.717, 1.165) is 32.1 Å². The monoisotopic (exact) mass is 327 g/mol. The molecule has 1 atom stereocenters. The molecule has 1 aromatic rings. The Bertz CT molecular complexity index is 516. The Labute approximate surface area is 136 Å². The third-order valence-corrected chi connectivity index (χ3v) is 4.57. The van der Waals surface area contributed by atoms with Gasteiger partial charge in [-0.3, -0.25) is 9.48 Å². The average molecular weight is 327 g/mol. The number of halogens is 2. The maximum Gasteiger partial charge on any atom is 0.282 e. The van der Waals surface area contributed by atoms with Gasteiger partial charge in [-0.25, -0.2) is 8.78 Å². The van der Waals surface area contributed by atoms with E-state index in [-0.39, 0.29) is 17.5 Å². The minimum atomic E-state index is -2.72. The average Bonchev–Trinajstić information content (AvgIpc) is 2.93. The number of aromatic nitrogens is 2. The van der Waals surface area contributed by atoms with E-state index >= 15 is 0 Å². The summed E-state index contributed by atoms with van der Waals surface area (Å²) in [5.74, 6) is -0.284. The molecule has 6 heteroatoms. The third kappa shape index (κ3) is 4.52. The van der Waals surface area contributed by atoms with Crippen molar-refractivity contribution >= 4 is 5.91 Å². The normalized spacial score (nSPS) is 18.7. The van der Waals surface area contributed by atoms with Crippen LogP contribution in [0.15, 0.2) is 6.20 Å². The molecule has 1 fully saturated rings. The van der Waals surface area contributed by atoms with E-state index in [9.17, 15) is 13.6 Å². The molecule has 1 unspecified atom stereocenters. The van der Waals surface area contributed by atoms with Crippen LogP contribution in [-0.4, -0.2) is 33.2 Å². The van der Waals surface area contributed by atoms with Crippen LogP contribution in [0.2, 0.25) is 0 Å². The lowest BCUT2D eigenvalue weighted by atomic mass is 9.95. The highest BCUT2D eigenvalue weighted by Gasteiger charge is 2.31. The molecule has 1 aliphatic rings. The molecule has 0 aliphatic carbocycles. The van der Waals surface area contributed by atoms with Gasteiger partial charge in [0.15, 0.2) is 0 Å². The first kappa shape index (κ1) is 17.9. The van der Waals surface area contributed by atoms with Crippen LogP contribution < -0.4 is 0 Å². The van der Waals surface area contributed by atoms with E-state index in [1.807, 2.05) is 0 Å². The van der Waals surface area contributed by atoms with Crippen LogP contribution in [0.1, 0.15) is 80.8 Å². The second kappa shape index (κ2) is 8.41. The minimum Gasteiger partial charge on any atom is -0.336 e. The summed E-state index contributed by atoms with van der Waals surface area (Å²) in [4.78, 5) is 14.6. The zero-order valence-corrected chi connectivity index (χ0v) is 14.1. The molecule has 0 spiro atoms. The molecule has 4 nitrogen and oxygen atoms in total. The largest absolute Gasteiger partial charge is 0.336 e.